The number of fused-ring (bicyclic) bond motifs is 1. The van der Waals surface area contributed by atoms with Gasteiger partial charge in [0.05, 0.1) is 13.7 Å². The number of ether oxygens (including phenoxy) is 2. The summed E-state index contributed by atoms with van der Waals surface area (Å²) in [5.41, 5.74) is 2.84. The summed E-state index contributed by atoms with van der Waals surface area (Å²) in [4.78, 5) is 11.7. The van der Waals surface area contributed by atoms with E-state index in [0.29, 0.717) is 13.0 Å². The van der Waals surface area contributed by atoms with Crippen molar-refractivity contribution in [3.8, 4) is 5.75 Å². The monoisotopic (exact) mass is 291 g/mol. The molecule has 116 valence electrons. The number of aryl methyl sites for hydroxylation is 2. The van der Waals surface area contributed by atoms with Crippen LogP contribution in [0.1, 0.15) is 37.8 Å². The van der Waals surface area contributed by atoms with Gasteiger partial charge in [0, 0.05) is 12.5 Å². The standard InChI is InChI=1S/C17H25NO3/c1-12(2)18-16(17(19)20-3)9-10-21-15-8-7-13-5-4-6-14(13)11-15/h7-8,11-12,16,18H,4-6,9-10H2,1-3H3. The number of hydrogen-bond donors (Lipinski definition) is 1. The van der Waals surface area contributed by atoms with E-state index in [0.717, 1.165) is 12.2 Å². The van der Waals surface area contributed by atoms with E-state index in [-0.39, 0.29) is 18.1 Å². The molecule has 1 N–H and O–H groups in total. The van der Waals surface area contributed by atoms with E-state index in [1.807, 2.05) is 19.9 Å². The van der Waals surface area contributed by atoms with Crippen molar-refractivity contribution in [3.63, 3.8) is 0 Å². The zero-order valence-electron chi connectivity index (χ0n) is 13.1. The summed E-state index contributed by atoms with van der Waals surface area (Å²) in [6.45, 7) is 4.52. The maximum Gasteiger partial charge on any atom is 0.322 e. The molecule has 1 aliphatic rings. The van der Waals surface area contributed by atoms with Crippen LogP contribution in [0.25, 0.3) is 0 Å². The Hall–Kier alpha value is -1.55. The van der Waals surface area contributed by atoms with E-state index in [2.05, 4.69) is 17.4 Å². The zero-order valence-corrected chi connectivity index (χ0v) is 13.1. The molecule has 0 fully saturated rings. The fraction of sp³-hybridized carbons (Fsp3) is 0.588. The molecule has 0 spiro atoms. The second-order valence-corrected chi connectivity index (χ2v) is 5.82. The maximum atomic E-state index is 11.7. The highest BCUT2D eigenvalue weighted by Crippen LogP contribution is 2.26. The van der Waals surface area contributed by atoms with Crippen LogP contribution >= 0.6 is 0 Å². The summed E-state index contributed by atoms with van der Waals surface area (Å²) in [6.07, 6.45) is 4.16. The molecule has 0 aliphatic heterocycles. The quantitative estimate of drug-likeness (QED) is 0.784. The van der Waals surface area contributed by atoms with Crippen LogP contribution in [0.2, 0.25) is 0 Å². The molecule has 0 aromatic heterocycles. The summed E-state index contributed by atoms with van der Waals surface area (Å²) in [6, 6.07) is 6.22. The topological polar surface area (TPSA) is 47.6 Å². The van der Waals surface area contributed by atoms with Crippen molar-refractivity contribution >= 4 is 5.97 Å². The van der Waals surface area contributed by atoms with Crippen molar-refractivity contribution in [2.24, 2.45) is 0 Å². The zero-order chi connectivity index (χ0) is 15.2. The summed E-state index contributed by atoms with van der Waals surface area (Å²) in [5.74, 6) is 0.657. The minimum Gasteiger partial charge on any atom is -0.494 e. The number of nitrogens with one attached hydrogen (secondary N) is 1. The van der Waals surface area contributed by atoms with E-state index >= 15 is 0 Å². The predicted octanol–water partition coefficient (Wildman–Crippen LogP) is 2.48. The van der Waals surface area contributed by atoms with Crippen molar-refractivity contribution < 1.29 is 14.3 Å². The average Bonchev–Trinajstić information content (AvgIpc) is 2.92. The highest BCUT2D eigenvalue weighted by atomic mass is 16.5. The van der Waals surface area contributed by atoms with Gasteiger partial charge in [0.1, 0.15) is 11.8 Å². The Labute approximate surface area is 126 Å². The van der Waals surface area contributed by atoms with E-state index in [1.165, 1.54) is 31.1 Å². The molecule has 21 heavy (non-hydrogen) atoms. The molecular formula is C17H25NO3. The first-order valence-corrected chi connectivity index (χ1v) is 7.68. The van der Waals surface area contributed by atoms with Gasteiger partial charge < -0.3 is 14.8 Å². The molecule has 0 radical (unpaired) electrons. The van der Waals surface area contributed by atoms with Crippen molar-refractivity contribution in [2.45, 2.75) is 51.6 Å². The lowest BCUT2D eigenvalue weighted by Crippen LogP contribution is -2.42. The number of hydrogen-bond acceptors (Lipinski definition) is 4. The Kier molecular flexibility index (Phi) is 5.62. The van der Waals surface area contributed by atoms with Crippen molar-refractivity contribution in [3.05, 3.63) is 29.3 Å². The number of carbonyl (C=O) groups is 1. The predicted molar refractivity (Wildman–Crippen MR) is 82.7 cm³/mol. The lowest BCUT2D eigenvalue weighted by Gasteiger charge is -2.19. The van der Waals surface area contributed by atoms with Crippen LogP contribution in [-0.4, -0.2) is 31.8 Å². The minimum absolute atomic E-state index is 0.231. The van der Waals surface area contributed by atoms with Crippen LogP contribution in [-0.2, 0) is 22.4 Å². The molecule has 1 aromatic rings. The van der Waals surface area contributed by atoms with Gasteiger partial charge in [-0.05, 0) is 42.5 Å². The summed E-state index contributed by atoms with van der Waals surface area (Å²) >= 11 is 0. The van der Waals surface area contributed by atoms with E-state index < -0.39 is 0 Å². The molecule has 2 rings (SSSR count). The summed E-state index contributed by atoms with van der Waals surface area (Å²) in [7, 11) is 1.42. The molecule has 0 heterocycles. The van der Waals surface area contributed by atoms with Gasteiger partial charge in [0.25, 0.3) is 0 Å². The lowest BCUT2D eigenvalue weighted by atomic mass is 10.1. The molecular weight excluding hydrogens is 266 g/mol. The molecule has 4 nitrogen and oxygen atoms in total. The molecule has 0 amide bonds. The Morgan fingerprint density at radius 2 is 2.05 bits per heavy atom. The van der Waals surface area contributed by atoms with Gasteiger partial charge in [-0.1, -0.05) is 19.9 Å². The van der Waals surface area contributed by atoms with Gasteiger partial charge in [0.2, 0.25) is 0 Å². The highest BCUT2D eigenvalue weighted by molar-refractivity contribution is 5.75. The summed E-state index contributed by atoms with van der Waals surface area (Å²) in [5, 5.41) is 3.20. The van der Waals surface area contributed by atoms with Gasteiger partial charge in [-0.3, -0.25) is 4.79 Å². The first-order valence-electron chi connectivity index (χ1n) is 7.68. The Morgan fingerprint density at radius 1 is 1.29 bits per heavy atom. The fourth-order valence-electron chi connectivity index (χ4n) is 2.75. The maximum absolute atomic E-state index is 11.7. The number of esters is 1. The minimum atomic E-state index is -0.315. The molecule has 1 unspecified atom stereocenters. The second kappa shape index (κ2) is 7.46. The van der Waals surface area contributed by atoms with Crippen molar-refractivity contribution in [1.29, 1.82) is 0 Å². The average molecular weight is 291 g/mol. The van der Waals surface area contributed by atoms with E-state index in [1.54, 1.807) is 0 Å². The Morgan fingerprint density at radius 3 is 2.76 bits per heavy atom. The number of methoxy groups -OCH3 is 1. The normalized spacial score (nSPS) is 14.9. The van der Waals surface area contributed by atoms with Crippen molar-refractivity contribution in [1.82, 2.24) is 5.32 Å². The SMILES string of the molecule is COC(=O)C(CCOc1ccc2c(c1)CCC2)NC(C)C. The summed E-state index contributed by atoms with van der Waals surface area (Å²) < 4.78 is 10.6. The van der Waals surface area contributed by atoms with Crippen molar-refractivity contribution in [2.75, 3.05) is 13.7 Å². The third-order valence-corrected chi connectivity index (χ3v) is 3.77. The fourth-order valence-corrected chi connectivity index (χ4v) is 2.75. The van der Waals surface area contributed by atoms with E-state index in [9.17, 15) is 4.79 Å². The number of benzene rings is 1. The molecule has 0 bridgehead atoms. The van der Waals surface area contributed by atoms with E-state index in [4.69, 9.17) is 9.47 Å². The highest BCUT2D eigenvalue weighted by Gasteiger charge is 2.19. The number of rotatable bonds is 7. The first-order chi connectivity index (χ1) is 10.1. The molecule has 1 atom stereocenters. The van der Waals surface area contributed by atoms with Crippen LogP contribution in [0.15, 0.2) is 18.2 Å². The van der Waals surface area contributed by atoms with Gasteiger partial charge in [-0.2, -0.15) is 0 Å². The van der Waals surface area contributed by atoms with Gasteiger partial charge >= 0.3 is 5.97 Å². The molecule has 0 saturated heterocycles. The third-order valence-electron chi connectivity index (χ3n) is 3.77. The first kappa shape index (κ1) is 15.8. The second-order valence-electron chi connectivity index (χ2n) is 5.82. The molecule has 0 saturated carbocycles. The largest absolute Gasteiger partial charge is 0.494 e. The molecule has 1 aliphatic carbocycles. The van der Waals surface area contributed by atoms with Crippen LogP contribution in [0.5, 0.6) is 5.75 Å². The Balaban J connectivity index is 1.85. The van der Waals surface area contributed by atoms with Crippen LogP contribution in [0, 0.1) is 0 Å². The van der Waals surface area contributed by atoms with Gasteiger partial charge in [-0.25, -0.2) is 0 Å². The van der Waals surface area contributed by atoms with Gasteiger partial charge in [0.15, 0.2) is 0 Å². The van der Waals surface area contributed by atoms with Crippen LogP contribution < -0.4 is 10.1 Å². The molecule has 4 heteroatoms. The van der Waals surface area contributed by atoms with Gasteiger partial charge in [-0.15, -0.1) is 0 Å². The van der Waals surface area contributed by atoms with Crippen LogP contribution in [0.4, 0.5) is 0 Å². The Bertz CT molecular complexity index is 485. The smallest absolute Gasteiger partial charge is 0.322 e. The number of carbonyl (C=O) groups excluding carboxylic acids is 1. The van der Waals surface area contributed by atoms with Crippen LogP contribution in [0.3, 0.4) is 0 Å². The molecule has 1 aromatic carbocycles. The lowest BCUT2D eigenvalue weighted by molar-refractivity contribution is -0.143. The third kappa shape index (κ3) is 4.46.